The summed E-state index contributed by atoms with van der Waals surface area (Å²) in [5, 5.41) is 2.65. The first-order valence-corrected chi connectivity index (χ1v) is 10.5. The number of carbonyl (C=O) groups excluding carboxylic acids is 2. The normalized spacial score (nSPS) is 22.4. The molecule has 7 heteroatoms. The Labute approximate surface area is 179 Å². The average Bonchev–Trinajstić information content (AvgIpc) is 3.50. The molecule has 1 aromatic rings. The topological polar surface area (TPSA) is 61.9 Å². The van der Waals surface area contributed by atoms with Gasteiger partial charge in [0, 0.05) is 46.2 Å². The van der Waals surface area contributed by atoms with E-state index in [1.54, 1.807) is 7.05 Å². The summed E-state index contributed by atoms with van der Waals surface area (Å²) in [6.07, 6.45) is 4.97. The molecule has 2 amide bonds. The lowest BCUT2D eigenvalue weighted by Gasteiger charge is -2.50. The molecular formula is C22H32ClN3O3. The van der Waals surface area contributed by atoms with Gasteiger partial charge in [-0.3, -0.25) is 9.59 Å². The van der Waals surface area contributed by atoms with Crippen molar-refractivity contribution in [2.75, 3.05) is 39.8 Å². The van der Waals surface area contributed by atoms with Crippen molar-refractivity contribution in [1.82, 2.24) is 15.1 Å². The van der Waals surface area contributed by atoms with Crippen LogP contribution in [0.1, 0.15) is 37.7 Å². The second-order valence-electron chi connectivity index (χ2n) is 8.51. The number of likely N-dealkylation sites (tertiary alicyclic amines) is 1. The number of amides is 2. The van der Waals surface area contributed by atoms with Gasteiger partial charge in [0.1, 0.15) is 5.60 Å². The minimum atomic E-state index is -0.590. The van der Waals surface area contributed by atoms with E-state index in [9.17, 15) is 9.59 Å². The van der Waals surface area contributed by atoms with Gasteiger partial charge in [-0.05, 0) is 37.7 Å². The third-order valence-electron chi connectivity index (χ3n) is 6.49. The van der Waals surface area contributed by atoms with Crippen LogP contribution in [0.4, 0.5) is 0 Å². The van der Waals surface area contributed by atoms with Gasteiger partial charge in [0.2, 0.25) is 5.91 Å². The third-order valence-corrected chi connectivity index (χ3v) is 6.49. The lowest BCUT2D eigenvalue weighted by Crippen LogP contribution is -2.63. The Hall–Kier alpha value is -1.63. The number of carbonyl (C=O) groups is 2. The van der Waals surface area contributed by atoms with Gasteiger partial charge < -0.3 is 19.9 Å². The molecule has 2 aliphatic heterocycles. The molecule has 0 aromatic heterocycles. The molecule has 1 aromatic carbocycles. The van der Waals surface area contributed by atoms with E-state index in [0.717, 1.165) is 51.7 Å². The van der Waals surface area contributed by atoms with E-state index in [-0.39, 0.29) is 29.8 Å². The van der Waals surface area contributed by atoms with Gasteiger partial charge in [-0.25, -0.2) is 0 Å². The van der Waals surface area contributed by atoms with Crippen LogP contribution in [-0.2, 0) is 20.7 Å². The molecule has 0 bridgehead atoms. The van der Waals surface area contributed by atoms with Crippen LogP contribution in [0.15, 0.2) is 30.3 Å². The first-order valence-electron chi connectivity index (χ1n) is 10.5. The molecule has 2 saturated heterocycles. The number of nitrogens with one attached hydrogen (secondary N) is 1. The van der Waals surface area contributed by atoms with Crippen molar-refractivity contribution in [3.63, 3.8) is 0 Å². The molecule has 1 aliphatic carbocycles. The largest absolute Gasteiger partial charge is 0.359 e. The summed E-state index contributed by atoms with van der Waals surface area (Å²) in [6, 6.07) is 10.6. The van der Waals surface area contributed by atoms with Crippen LogP contribution < -0.4 is 5.32 Å². The number of rotatable bonds is 6. The Morgan fingerprint density at radius 1 is 1.10 bits per heavy atom. The zero-order chi connectivity index (χ0) is 19.6. The van der Waals surface area contributed by atoms with E-state index in [2.05, 4.69) is 40.5 Å². The summed E-state index contributed by atoms with van der Waals surface area (Å²) >= 11 is 0. The molecule has 1 N–H and O–H groups in total. The summed E-state index contributed by atoms with van der Waals surface area (Å²) in [7, 11) is 1.64. The zero-order valence-corrected chi connectivity index (χ0v) is 18.0. The van der Waals surface area contributed by atoms with Gasteiger partial charge in [0.15, 0.2) is 0 Å². The Bertz CT molecular complexity index is 715. The molecule has 4 rings (SSSR count). The van der Waals surface area contributed by atoms with Gasteiger partial charge >= 0.3 is 0 Å². The van der Waals surface area contributed by atoms with Crippen molar-refractivity contribution in [2.24, 2.45) is 0 Å². The molecule has 0 radical (unpaired) electrons. The Morgan fingerprint density at radius 3 is 2.41 bits per heavy atom. The van der Waals surface area contributed by atoms with Crippen LogP contribution in [0.5, 0.6) is 0 Å². The fourth-order valence-electron chi connectivity index (χ4n) is 4.55. The highest BCUT2D eigenvalue weighted by Gasteiger charge is 2.61. The molecule has 3 aliphatic rings. The fraction of sp³-hybridized carbons (Fsp3) is 0.636. The maximum Gasteiger partial charge on any atom is 0.254 e. The summed E-state index contributed by atoms with van der Waals surface area (Å²) in [6.45, 7) is 4.17. The first-order chi connectivity index (χ1) is 13.5. The number of ether oxygens (including phenoxy) is 1. The monoisotopic (exact) mass is 421 g/mol. The van der Waals surface area contributed by atoms with Crippen molar-refractivity contribution < 1.29 is 14.3 Å². The van der Waals surface area contributed by atoms with Crippen molar-refractivity contribution in [1.29, 1.82) is 0 Å². The minimum Gasteiger partial charge on any atom is -0.359 e. The van der Waals surface area contributed by atoms with Crippen LogP contribution in [0.2, 0.25) is 0 Å². The van der Waals surface area contributed by atoms with Crippen LogP contribution >= 0.6 is 12.4 Å². The lowest BCUT2D eigenvalue weighted by molar-refractivity contribution is -0.200. The number of morpholine rings is 1. The van der Waals surface area contributed by atoms with Gasteiger partial charge in [-0.1, -0.05) is 30.3 Å². The van der Waals surface area contributed by atoms with Gasteiger partial charge in [0.25, 0.3) is 5.91 Å². The van der Waals surface area contributed by atoms with E-state index >= 15 is 0 Å². The maximum absolute atomic E-state index is 12.8. The maximum atomic E-state index is 12.8. The van der Waals surface area contributed by atoms with E-state index in [0.29, 0.717) is 19.5 Å². The molecule has 29 heavy (non-hydrogen) atoms. The van der Waals surface area contributed by atoms with Crippen LogP contribution in [0, 0.1) is 0 Å². The number of hydrogen-bond acceptors (Lipinski definition) is 4. The van der Waals surface area contributed by atoms with Crippen molar-refractivity contribution >= 4 is 24.2 Å². The van der Waals surface area contributed by atoms with Crippen LogP contribution in [0.25, 0.3) is 0 Å². The quantitative estimate of drug-likeness (QED) is 0.763. The highest BCUT2D eigenvalue weighted by molar-refractivity contribution is 5.89. The average molecular weight is 422 g/mol. The van der Waals surface area contributed by atoms with E-state index in [1.807, 2.05) is 4.90 Å². The molecule has 0 atom stereocenters. The number of hydrogen-bond donors (Lipinski definition) is 1. The Balaban J connectivity index is 0.00000240. The van der Waals surface area contributed by atoms with E-state index < -0.39 is 5.60 Å². The standard InChI is InChI=1S/C22H31N3O3.ClH/c1-23-19(26)8-14-25-17-21(28-22(9-10-22)20(25)27)11-15-24(16-12-21)13-7-18-5-3-2-4-6-18;/h2-6H,7-17H2,1H3,(H,23,26);1H. The number of piperidine rings is 1. The lowest BCUT2D eigenvalue weighted by atomic mass is 9.87. The molecule has 3 fully saturated rings. The van der Waals surface area contributed by atoms with Crippen molar-refractivity contribution in [3.8, 4) is 0 Å². The summed E-state index contributed by atoms with van der Waals surface area (Å²) in [5.74, 6) is 0.0717. The van der Waals surface area contributed by atoms with E-state index in [1.165, 1.54) is 5.56 Å². The fourth-order valence-corrected chi connectivity index (χ4v) is 4.55. The molecule has 2 heterocycles. The van der Waals surface area contributed by atoms with Crippen molar-refractivity contribution in [2.45, 2.75) is 49.7 Å². The molecule has 1 saturated carbocycles. The molecule has 0 unspecified atom stereocenters. The Morgan fingerprint density at radius 2 is 1.79 bits per heavy atom. The van der Waals surface area contributed by atoms with Crippen LogP contribution in [0.3, 0.4) is 0 Å². The number of benzene rings is 1. The molecular weight excluding hydrogens is 390 g/mol. The van der Waals surface area contributed by atoms with Gasteiger partial charge in [-0.15, -0.1) is 12.4 Å². The molecule has 6 nitrogen and oxygen atoms in total. The summed E-state index contributed by atoms with van der Waals surface area (Å²) in [4.78, 5) is 28.9. The van der Waals surface area contributed by atoms with Gasteiger partial charge in [-0.2, -0.15) is 0 Å². The highest BCUT2D eigenvalue weighted by Crippen LogP contribution is 2.49. The highest BCUT2D eigenvalue weighted by atomic mass is 35.5. The Kier molecular flexibility index (Phi) is 6.87. The molecule has 2 spiro atoms. The van der Waals surface area contributed by atoms with Gasteiger partial charge in [0.05, 0.1) is 5.60 Å². The summed E-state index contributed by atoms with van der Waals surface area (Å²) in [5.41, 5.74) is 0.545. The third kappa shape index (κ3) is 4.93. The predicted octanol–water partition coefficient (Wildman–Crippen LogP) is 2.01. The van der Waals surface area contributed by atoms with Crippen molar-refractivity contribution in [3.05, 3.63) is 35.9 Å². The van der Waals surface area contributed by atoms with Crippen LogP contribution in [-0.4, -0.2) is 72.6 Å². The second kappa shape index (κ2) is 9.02. The summed E-state index contributed by atoms with van der Waals surface area (Å²) < 4.78 is 6.48. The molecule has 160 valence electrons. The number of nitrogens with zero attached hydrogens (tertiary/aromatic N) is 2. The first kappa shape index (κ1) is 22.1. The second-order valence-corrected chi connectivity index (χ2v) is 8.51. The smallest absolute Gasteiger partial charge is 0.254 e. The number of halogens is 1. The SMILES string of the molecule is CNC(=O)CCN1CC2(CCN(CCc3ccccc3)CC2)OC2(CC2)C1=O.Cl. The van der Waals surface area contributed by atoms with E-state index in [4.69, 9.17) is 4.74 Å². The zero-order valence-electron chi connectivity index (χ0n) is 17.2. The predicted molar refractivity (Wildman–Crippen MR) is 114 cm³/mol. The minimum absolute atomic E-state index is 0.